The van der Waals surface area contributed by atoms with E-state index in [1.807, 2.05) is 43.2 Å². The van der Waals surface area contributed by atoms with Gasteiger partial charge in [-0.2, -0.15) is 10.2 Å². The smallest absolute Gasteiger partial charge is 0.252 e. The highest BCUT2D eigenvalue weighted by Gasteiger charge is 2.41. The van der Waals surface area contributed by atoms with Gasteiger partial charge in [0.1, 0.15) is 6.73 Å². The van der Waals surface area contributed by atoms with Gasteiger partial charge in [-0.15, -0.1) is 0 Å². The Kier molecular flexibility index (Phi) is 7.40. The number of rotatable bonds is 9. The number of benzene rings is 2. The van der Waals surface area contributed by atoms with Crippen molar-refractivity contribution < 1.29 is 9.53 Å². The number of nitrogens with one attached hydrogen (secondary N) is 1. The number of nitrogens with zero attached hydrogens (tertiary/aromatic N) is 6. The maximum absolute atomic E-state index is 13.7. The van der Waals surface area contributed by atoms with E-state index >= 15 is 0 Å². The number of methoxy groups -OCH3 is 1. The number of piperazine rings is 1. The zero-order valence-electron chi connectivity index (χ0n) is 24.5. The second kappa shape index (κ2) is 11.1. The van der Waals surface area contributed by atoms with Crippen LogP contribution in [0.4, 0.5) is 5.69 Å². The third kappa shape index (κ3) is 5.39. The van der Waals surface area contributed by atoms with Crippen molar-refractivity contribution in [1.29, 1.82) is 0 Å². The summed E-state index contributed by atoms with van der Waals surface area (Å²) in [6.07, 6.45) is 7.00. The number of amides is 1. The van der Waals surface area contributed by atoms with Gasteiger partial charge < -0.3 is 15.0 Å². The lowest BCUT2D eigenvalue weighted by Gasteiger charge is -2.34. The highest BCUT2D eigenvalue weighted by molar-refractivity contribution is 5.97. The van der Waals surface area contributed by atoms with Gasteiger partial charge in [0.2, 0.25) is 0 Å². The van der Waals surface area contributed by atoms with Gasteiger partial charge in [-0.25, -0.2) is 4.68 Å². The van der Waals surface area contributed by atoms with Crippen LogP contribution in [0.5, 0.6) is 0 Å². The number of likely N-dealkylation sites (tertiary alicyclic amines) is 1. The average molecular weight is 554 g/mol. The molecule has 2 aromatic carbocycles. The Balaban J connectivity index is 1.28. The fourth-order valence-corrected chi connectivity index (χ4v) is 6.20. The van der Waals surface area contributed by atoms with Crippen LogP contribution in [0.3, 0.4) is 0 Å². The second-order valence-electron chi connectivity index (χ2n) is 11.4. The molecule has 4 aromatic rings. The van der Waals surface area contributed by atoms with Crippen LogP contribution in [0.25, 0.3) is 22.4 Å². The maximum atomic E-state index is 13.7. The minimum absolute atomic E-state index is 0.0616. The SMILES string of the molecule is CCn1ccc(-c2cc(-c3cnn(COC)c3)cc([C@@H](C)NC(=O)c3cc(N4C[C@H]5C[C@@H]4CN5C)ccc3C)c2)n1. The number of anilines is 1. The van der Waals surface area contributed by atoms with Gasteiger partial charge in [0.25, 0.3) is 5.91 Å². The summed E-state index contributed by atoms with van der Waals surface area (Å²) >= 11 is 0. The molecular weight excluding hydrogens is 514 g/mol. The number of hydrogen-bond acceptors (Lipinski definition) is 6. The molecule has 2 aliphatic rings. The summed E-state index contributed by atoms with van der Waals surface area (Å²) in [4.78, 5) is 18.6. The van der Waals surface area contributed by atoms with Gasteiger partial charge >= 0.3 is 0 Å². The van der Waals surface area contributed by atoms with Gasteiger partial charge in [0.15, 0.2) is 0 Å². The van der Waals surface area contributed by atoms with Gasteiger partial charge in [0.05, 0.1) is 17.9 Å². The lowest BCUT2D eigenvalue weighted by atomic mass is 9.96. The van der Waals surface area contributed by atoms with Crippen LogP contribution in [0.2, 0.25) is 0 Å². The largest absolute Gasteiger partial charge is 0.366 e. The molecule has 41 heavy (non-hydrogen) atoms. The topological polar surface area (TPSA) is 80.4 Å². The number of carbonyl (C=O) groups excluding carboxylic acids is 1. The number of aryl methyl sites for hydroxylation is 2. The van der Waals surface area contributed by atoms with Gasteiger partial charge in [0, 0.05) is 73.6 Å². The Hall–Kier alpha value is -3.95. The molecule has 3 atom stereocenters. The van der Waals surface area contributed by atoms with Crippen molar-refractivity contribution in [3.63, 3.8) is 0 Å². The van der Waals surface area contributed by atoms with Crippen LogP contribution in [-0.4, -0.2) is 69.7 Å². The van der Waals surface area contributed by atoms with Crippen LogP contribution in [0, 0.1) is 6.92 Å². The molecule has 4 heterocycles. The minimum atomic E-state index is -0.219. The van der Waals surface area contributed by atoms with E-state index < -0.39 is 0 Å². The zero-order chi connectivity index (χ0) is 28.7. The van der Waals surface area contributed by atoms with Crippen LogP contribution >= 0.6 is 0 Å². The summed E-state index contributed by atoms with van der Waals surface area (Å²) in [5.74, 6) is -0.0616. The molecule has 6 rings (SSSR count). The molecule has 0 unspecified atom stereocenters. The summed E-state index contributed by atoms with van der Waals surface area (Å²) in [5.41, 5.74) is 7.73. The number of fused-ring (bicyclic) bond motifs is 2. The van der Waals surface area contributed by atoms with Crippen LogP contribution in [-0.2, 0) is 18.0 Å². The first-order valence-corrected chi connectivity index (χ1v) is 14.4. The lowest BCUT2D eigenvalue weighted by molar-refractivity contribution is 0.0939. The summed E-state index contributed by atoms with van der Waals surface area (Å²) in [6.45, 7) is 9.40. The summed E-state index contributed by atoms with van der Waals surface area (Å²) in [5, 5.41) is 12.4. The van der Waals surface area contributed by atoms with Gasteiger partial charge in [-0.1, -0.05) is 6.07 Å². The highest BCUT2D eigenvalue weighted by atomic mass is 16.5. The summed E-state index contributed by atoms with van der Waals surface area (Å²) in [6, 6.07) is 15.6. The van der Waals surface area contributed by atoms with Crippen molar-refractivity contribution in [3.05, 3.63) is 77.7 Å². The molecular formula is C32H39N7O2. The van der Waals surface area contributed by atoms with Crippen LogP contribution in [0.1, 0.15) is 47.8 Å². The third-order valence-corrected chi connectivity index (χ3v) is 8.60. The fraction of sp³-hybridized carbons (Fsp3) is 0.406. The predicted molar refractivity (Wildman–Crippen MR) is 161 cm³/mol. The van der Waals surface area contributed by atoms with Gasteiger partial charge in [-0.3, -0.25) is 14.4 Å². The average Bonchev–Trinajstić information content (AvgIpc) is 3.77. The van der Waals surface area contributed by atoms with Crippen molar-refractivity contribution in [3.8, 4) is 22.4 Å². The van der Waals surface area contributed by atoms with E-state index in [4.69, 9.17) is 9.84 Å². The normalized spacial score (nSPS) is 19.2. The Morgan fingerprint density at radius 3 is 2.61 bits per heavy atom. The molecule has 0 radical (unpaired) electrons. The maximum Gasteiger partial charge on any atom is 0.252 e. The lowest BCUT2D eigenvalue weighted by Crippen LogP contribution is -2.44. The molecule has 1 N–H and O–H groups in total. The predicted octanol–water partition coefficient (Wildman–Crippen LogP) is 4.73. The van der Waals surface area contributed by atoms with Crippen molar-refractivity contribution in [2.24, 2.45) is 0 Å². The van der Waals surface area contributed by atoms with Crippen molar-refractivity contribution in [1.82, 2.24) is 29.8 Å². The Morgan fingerprint density at radius 1 is 1.07 bits per heavy atom. The van der Waals surface area contributed by atoms with E-state index in [1.54, 1.807) is 11.8 Å². The summed E-state index contributed by atoms with van der Waals surface area (Å²) in [7, 11) is 3.86. The van der Waals surface area contributed by atoms with Crippen molar-refractivity contribution in [2.75, 3.05) is 32.1 Å². The highest BCUT2D eigenvalue weighted by Crippen LogP contribution is 2.35. The van der Waals surface area contributed by atoms with Crippen molar-refractivity contribution >= 4 is 11.6 Å². The van der Waals surface area contributed by atoms with E-state index in [1.165, 1.54) is 6.42 Å². The Labute approximate surface area is 241 Å². The molecule has 2 aliphatic heterocycles. The Bertz CT molecular complexity index is 1560. The standard InChI is InChI=1S/C32H39N7O2/c1-6-37-10-9-31(35-37)25-12-23(11-24(13-25)26-16-33-38(17-26)20-41-5)22(3)34-32(40)30-15-27(8-7-21(30)2)39-19-28-14-29(39)18-36(28)4/h7-13,15-17,22,28-29H,6,14,18-20H2,1-5H3,(H,34,40)/t22-,28-,29-/m1/s1. The fourth-order valence-electron chi connectivity index (χ4n) is 6.20. The molecule has 0 saturated carbocycles. The minimum Gasteiger partial charge on any atom is -0.366 e. The van der Waals surface area contributed by atoms with E-state index in [-0.39, 0.29) is 11.9 Å². The van der Waals surface area contributed by atoms with Crippen molar-refractivity contribution in [2.45, 2.75) is 58.6 Å². The number of carbonyl (C=O) groups is 1. The van der Waals surface area contributed by atoms with Gasteiger partial charge in [-0.05, 0) is 87.3 Å². The Morgan fingerprint density at radius 2 is 1.90 bits per heavy atom. The third-order valence-electron chi connectivity index (χ3n) is 8.60. The van der Waals surface area contributed by atoms with E-state index in [9.17, 15) is 4.79 Å². The summed E-state index contributed by atoms with van der Waals surface area (Å²) < 4.78 is 8.92. The molecule has 1 amide bonds. The monoisotopic (exact) mass is 553 g/mol. The molecule has 9 nitrogen and oxygen atoms in total. The molecule has 214 valence electrons. The molecule has 0 aliphatic carbocycles. The van der Waals surface area contributed by atoms with E-state index in [2.05, 4.69) is 70.6 Å². The molecule has 2 fully saturated rings. The number of ether oxygens (including phenoxy) is 1. The molecule has 2 aromatic heterocycles. The first-order valence-electron chi connectivity index (χ1n) is 14.4. The number of hydrogen-bond donors (Lipinski definition) is 1. The second-order valence-corrected chi connectivity index (χ2v) is 11.4. The van der Waals surface area contributed by atoms with E-state index in [0.29, 0.717) is 18.8 Å². The number of aromatic nitrogens is 4. The molecule has 2 saturated heterocycles. The van der Waals surface area contributed by atoms with Crippen LogP contribution in [0.15, 0.2) is 61.1 Å². The molecule has 9 heteroatoms. The zero-order valence-corrected chi connectivity index (χ0v) is 24.5. The first-order chi connectivity index (χ1) is 19.8. The quantitative estimate of drug-likeness (QED) is 0.323. The van der Waals surface area contributed by atoms with Crippen LogP contribution < -0.4 is 10.2 Å². The van der Waals surface area contributed by atoms with E-state index in [0.717, 1.165) is 64.4 Å². The first kappa shape index (κ1) is 27.2. The molecule has 0 spiro atoms. The number of likely N-dealkylation sites (N-methyl/N-ethyl adjacent to an activating group) is 1. The molecule has 2 bridgehead atoms.